The zero-order chi connectivity index (χ0) is 10.6. The van der Waals surface area contributed by atoms with Crippen molar-refractivity contribution in [3.63, 3.8) is 0 Å². The van der Waals surface area contributed by atoms with Gasteiger partial charge in [0, 0.05) is 13.3 Å². The van der Waals surface area contributed by atoms with Crippen molar-refractivity contribution >= 4 is 15.9 Å². The monoisotopic (exact) mass is 229 g/mol. The predicted molar refractivity (Wildman–Crippen MR) is 56.4 cm³/mol. The minimum Gasteiger partial charge on any atom is -0.317 e. The summed E-state index contributed by atoms with van der Waals surface area (Å²) < 4.78 is 15.2. The molecule has 0 heterocycles. The molecule has 1 aromatic rings. The molecule has 66 valence electrons. The van der Waals surface area contributed by atoms with Crippen LogP contribution < -0.4 is 5.32 Å². The van der Waals surface area contributed by atoms with Crippen molar-refractivity contribution in [1.82, 2.24) is 5.32 Å². The van der Waals surface area contributed by atoms with Crippen molar-refractivity contribution in [2.75, 3.05) is 7.00 Å². The minimum absolute atomic E-state index is 0.147. The molecule has 1 rings (SSSR count). The van der Waals surface area contributed by atoms with Crippen LogP contribution in [0.2, 0.25) is 0 Å². The first-order valence-electron chi connectivity index (χ1n) is 5.09. The van der Waals surface area contributed by atoms with Crippen LogP contribution in [0.4, 0.5) is 0 Å². The Morgan fingerprint density at radius 3 is 3.00 bits per heavy atom. The van der Waals surface area contributed by atoms with Gasteiger partial charge in [0.15, 0.2) is 0 Å². The van der Waals surface area contributed by atoms with Gasteiger partial charge in [0.2, 0.25) is 0 Å². The molecule has 1 aromatic carbocycles. The molecular formula is C10H14BrN. The number of rotatable bonds is 3. The Morgan fingerprint density at radius 1 is 1.58 bits per heavy atom. The molecule has 1 N–H and O–H groups in total. The van der Waals surface area contributed by atoms with Crippen LogP contribution in [0.3, 0.4) is 0 Å². The van der Waals surface area contributed by atoms with Gasteiger partial charge in [-0.05, 0) is 32.0 Å². The van der Waals surface area contributed by atoms with Gasteiger partial charge in [0.05, 0.1) is 0 Å². The van der Waals surface area contributed by atoms with Crippen LogP contribution in [0.15, 0.2) is 28.7 Å². The van der Waals surface area contributed by atoms with Gasteiger partial charge < -0.3 is 5.32 Å². The molecule has 0 saturated heterocycles. The maximum atomic E-state index is 7.07. The first kappa shape index (κ1) is 7.10. The van der Waals surface area contributed by atoms with Crippen LogP contribution in [0.1, 0.15) is 15.2 Å². The Bertz CT molecular complexity index is 291. The fourth-order valence-electron chi connectivity index (χ4n) is 1.05. The maximum Gasteiger partial charge on any atom is 0.0391 e. The molecule has 2 heteroatoms. The van der Waals surface area contributed by atoms with E-state index in [0.29, 0.717) is 0 Å². The van der Waals surface area contributed by atoms with E-state index < -0.39 is 7.00 Å². The summed E-state index contributed by atoms with van der Waals surface area (Å²) >= 11 is 3.47. The zero-order valence-corrected chi connectivity index (χ0v) is 8.64. The normalized spacial score (nSPS) is 15.6. The molecule has 0 bridgehead atoms. The van der Waals surface area contributed by atoms with Gasteiger partial charge in [-0.3, -0.25) is 0 Å². The molecule has 0 aromatic heterocycles. The third kappa shape index (κ3) is 2.61. The van der Waals surface area contributed by atoms with Crippen molar-refractivity contribution < 1.29 is 2.74 Å². The topological polar surface area (TPSA) is 12.0 Å². The summed E-state index contributed by atoms with van der Waals surface area (Å²) in [6, 6.07) is 8.16. The molecule has 0 saturated carbocycles. The molecule has 1 nitrogen and oxygen atoms in total. The molecule has 0 fully saturated rings. The average molecular weight is 230 g/mol. The molecule has 12 heavy (non-hydrogen) atoms. The highest BCUT2D eigenvalue weighted by Crippen LogP contribution is 2.17. The first-order valence-corrected chi connectivity index (χ1v) is 4.73. The number of hydrogen-bond acceptors (Lipinski definition) is 1. The standard InChI is InChI=1S/C10H14BrN/c1-8(12-2)7-9-5-3-4-6-10(9)11/h3-6,8,12H,7H2,1-2H3/i2D2. The lowest BCUT2D eigenvalue weighted by Crippen LogP contribution is -2.23. The van der Waals surface area contributed by atoms with E-state index in [0.717, 1.165) is 10.9 Å². The van der Waals surface area contributed by atoms with Gasteiger partial charge in [-0.2, -0.15) is 0 Å². The number of halogens is 1. The minimum atomic E-state index is -0.951. The molecule has 1 unspecified atom stereocenters. The number of hydrogen-bond donors (Lipinski definition) is 1. The molecular weight excluding hydrogens is 214 g/mol. The van der Waals surface area contributed by atoms with Crippen LogP contribution >= 0.6 is 15.9 Å². The van der Waals surface area contributed by atoms with E-state index in [2.05, 4.69) is 21.2 Å². The van der Waals surface area contributed by atoms with Crippen LogP contribution in [0.25, 0.3) is 0 Å². The number of likely N-dealkylation sites (N-methyl/N-ethyl adjacent to an activating group) is 1. The quantitative estimate of drug-likeness (QED) is 0.841. The molecule has 0 radical (unpaired) electrons. The second-order valence-electron chi connectivity index (χ2n) is 2.86. The van der Waals surface area contributed by atoms with E-state index in [-0.39, 0.29) is 6.04 Å². The lowest BCUT2D eigenvalue weighted by atomic mass is 10.1. The highest BCUT2D eigenvalue weighted by molar-refractivity contribution is 9.10. The second-order valence-corrected chi connectivity index (χ2v) is 3.72. The van der Waals surface area contributed by atoms with Gasteiger partial charge in [-0.15, -0.1) is 0 Å². The number of benzene rings is 1. The maximum absolute atomic E-state index is 7.07. The Kier molecular flexibility index (Phi) is 2.74. The fourth-order valence-corrected chi connectivity index (χ4v) is 1.50. The summed E-state index contributed by atoms with van der Waals surface area (Å²) in [6.45, 7) is 1.03. The van der Waals surface area contributed by atoms with Crippen LogP contribution in [0, 0.1) is 0 Å². The lowest BCUT2D eigenvalue weighted by molar-refractivity contribution is 0.607. The smallest absolute Gasteiger partial charge is 0.0391 e. The molecule has 1 atom stereocenters. The summed E-state index contributed by atoms with van der Waals surface area (Å²) in [5.74, 6) is 0. The number of nitrogens with one attached hydrogen (secondary N) is 1. The summed E-state index contributed by atoms with van der Waals surface area (Å²) in [5, 5.41) is 2.83. The Hall–Kier alpha value is -0.340. The van der Waals surface area contributed by atoms with Gasteiger partial charge in [-0.1, -0.05) is 34.1 Å². The third-order valence-corrected chi connectivity index (χ3v) is 2.54. The summed E-state index contributed by atoms with van der Waals surface area (Å²) in [4.78, 5) is 0. The molecule has 0 amide bonds. The largest absolute Gasteiger partial charge is 0.317 e. The van der Waals surface area contributed by atoms with E-state index in [1.165, 1.54) is 5.56 Å². The van der Waals surface area contributed by atoms with E-state index >= 15 is 0 Å². The van der Waals surface area contributed by atoms with Crippen molar-refractivity contribution in [2.45, 2.75) is 19.4 Å². The van der Waals surface area contributed by atoms with Crippen molar-refractivity contribution in [3.05, 3.63) is 34.3 Å². The summed E-state index contributed by atoms with van der Waals surface area (Å²) in [6.07, 6.45) is 0.829. The molecule has 0 aliphatic rings. The molecule has 0 spiro atoms. The van der Waals surface area contributed by atoms with Gasteiger partial charge in [0.1, 0.15) is 0 Å². The third-order valence-electron chi connectivity index (χ3n) is 1.77. The van der Waals surface area contributed by atoms with E-state index in [4.69, 9.17) is 2.74 Å². The summed E-state index contributed by atoms with van der Waals surface area (Å²) in [7, 11) is 0. The zero-order valence-electron chi connectivity index (χ0n) is 9.05. The van der Waals surface area contributed by atoms with E-state index in [9.17, 15) is 0 Å². The Labute approximate surface area is 85.1 Å². The van der Waals surface area contributed by atoms with Crippen LogP contribution in [-0.4, -0.2) is 13.0 Å². The van der Waals surface area contributed by atoms with E-state index in [1.54, 1.807) is 0 Å². The van der Waals surface area contributed by atoms with Gasteiger partial charge in [0.25, 0.3) is 0 Å². The van der Waals surface area contributed by atoms with Crippen LogP contribution in [-0.2, 0) is 6.42 Å². The predicted octanol–water partition coefficient (Wildman–Crippen LogP) is 2.60. The van der Waals surface area contributed by atoms with Crippen molar-refractivity contribution in [1.29, 1.82) is 0 Å². The molecule has 0 aliphatic heterocycles. The summed E-state index contributed by atoms with van der Waals surface area (Å²) in [5.41, 5.74) is 1.20. The Morgan fingerprint density at radius 2 is 2.33 bits per heavy atom. The van der Waals surface area contributed by atoms with E-state index in [1.807, 2.05) is 31.2 Å². The second kappa shape index (κ2) is 4.63. The molecule has 0 aliphatic carbocycles. The van der Waals surface area contributed by atoms with Crippen LogP contribution in [0.5, 0.6) is 0 Å². The first-order chi connectivity index (χ1) is 6.59. The Balaban J connectivity index is 2.56. The van der Waals surface area contributed by atoms with Crippen molar-refractivity contribution in [2.24, 2.45) is 0 Å². The van der Waals surface area contributed by atoms with Gasteiger partial charge >= 0.3 is 0 Å². The fraction of sp³-hybridized carbons (Fsp3) is 0.400. The van der Waals surface area contributed by atoms with Gasteiger partial charge in [-0.25, -0.2) is 0 Å². The lowest BCUT2D eigenvalue weighted by Gasteiger charge is -2.10. The van der Waals surface area contributed by atoms with Crippen molar-refractivity contribution in [3.8, 4) is 0 Å². The SMILES string of the molecule is [2H]C([2H])NC(C)Cc1ccccc1Br. The highest BCUT2D eigenvalue weighted by atomic mass is 79.9. The highest BCUT2D eigenvalue weighted by Gasteiger charge is 2.02. The average Bonchev–Trinajstić information content (AvgIpc) is 2.07.